The van der Waals surface area contributed by atoms with Crippen molar-refractivity contribution in [1.82, 2.24) is 15.5 Å². The van der Waals surface area contributed by atoms with Crippen LogP contribution in [0.25, 0.3) is 11.3 Å². The number of H-pyrrole nitrogens is 1. The molecule has 2 aliphatic rings. The van der Waals surface area contributed by atoms with Gasteiger partial charge in [0.25, 0.3) is 0 Å². The van der Waals surface area contributed by atoms with Gasteiger partial charge in [-0.3, -0.25) is 9.89 Å². The third-order valence-corrected chi connectivity index (χ3v) is 4.95. The lowest BCUT2D eigenvalue weighted by Crippen LogP contribution is -2.57. The molecule has 4 rings (SSSR count). The van der Waals surface area contributed by atoms with Crippen molar-refractivity contribution in [1.29, 1.82) is 0 Å². The van der Waals surface area contributed by atoms with Gasteiger partial charge in [-0.15, -0.1) is 0 Å². The van der Waals surface area contributed by atoms with Gasteiger partial charge in [-0.2, -0.15) is 5.10 Å². The molecular weight excluding hydrogens is 339 g/mol. The lowest BCUT2D eigenvalue weighted by atomic mass is 10.00. The highest BCUT2D eigenvalue weighted by Crippen LogP contribution is 2.38. The maximum atomic E-state index is 15.0. The summed E-state index contributed by atoms with van der Waals surface area (Å²) in [6.07, 6.45) is 4.14. The van der Waals surface area contributed by atoms with E-state index >= 15 is 4.39 Å². The number of amides is 1. The minimum Gasteiger partial charge on any atom is -0.350 e. The van der Waals surface area contributed by atoms with Crippen LogP contribution in [0.5, 0.6) is 0 Å². The van der Waals surface area contributed by atoms with E-state index in [0.717, 1.165) is 24.0 Å². The number of halogens is 1. The molecule has 138 valence electrons. The van der Waals surface area contributed by atoms with E-state index in [1.807, 2.05) is 6.07 Å². The highest BCUT2D eigenvalue weighted by atomic mass is 19.1. The molecule has 0 bridgehead atoms. The molecule has 1 aromatic heterocycles. The molecule has 1 aliphatic heterocycles. The Labute approximate surface area is 150 Å². The number of aryl methyl sites for hydroxylation is 2. The van der Waals surface area contributed by atoms with Crippen LogP contribution < -0.4 is 10.2 Å². The molecule has 0 saturated carbocycles. The number of nitrogens with one attached hydrogen (secondary N) is 2. The minimum absolute atomic E-state index is 0.178. The predicted octanol–water partition coefficient (Wildman–Crippen LogP) is 1.32. The third kappa shape index (κ3) is 2.57. The van der Waals surface area contributed by atoms with Gasteiger partial charge < -0.3 is 20.1 Å². The van der Waals surface area contributed by atoms with Crippen LogP contribution in [0.15, 0.2) is 18.3 Å². The maximum Gasteiger partial charge on any atom is 0.333 e. The van der Waals surface area contributed by atoms with Crippen LogP contribution in [0, 0.1) is 5.82 Å². The van der Waals surface area contributed by atoms with Crippen molar-refractivity contribution in [3.8, 4) is 11.3 Å². The Bertz CT molecular complexity index is 853. The van der Waals surface area contributed by atoms with E-state index in [0.29, 0.717) is 36.5 Å². The van der Waals surface area contributed by atoms with Crippen molar-refractivity contribution in [2.24, 2.45) is 0 Å². The standard InChI is InChI=1S/C18H21FN4O3/c1-2-20-17(24)18(25)23(6-7-26-18)13-8-11-4-3-5-12-10-21-22-16(12)15(11)14(19)9-13/h8-10,25H,2-7H2,1H3,(H,20,24)(H,21,22)/t18-/m0/s1. The summed E-state index contributed by atoms with van der Waals surface area (Å²) in [7, 11) is 0. The largest absolute Gasteiger partial charge is 0.350 e. The Balaban J connectivity index is 1.77. The second kappa shape index (κ2) is 6.37. The van der Waals surface area contributed by atoms with E-state index in [2.05, 4.69) is 15.5 Å². The van der Waals surface area contributed by atoms with Gasteiger partial charge >= 0.3 is 11.8 Å². The van der Waals surface area contributed by atoms with Crippen LogP contribution in [0.1, 0.15) is 24.5 Å². The molecule has 1 fully saturated rings. The van der Waals surface area contributed by atoms with E-state index in [9.17, 15) is 9.90 Å². The molecule has 2 aromatic rings. The normalized spacial score (nSPS) is 21.9. The van der Waals surface area contributed by atoms with E-state index in [4.69, 9.17) is 4.74 Å². The third-order valence-electron chi connectivity index (χ3n) is 4.95. The van der Waals surface area contributed by atoms with E-state index in [1.165, 1.54) is 11.0 Å². The van der Waals surface area contributed by atoms with Crippen molar-refractivity contribution in [2.75, 3.05) is 24.6 Å². The number of benzene rings is 1. The average molecular weight is 360 g/mol. The molecule has 1 atom stereocenters. The second-order valence-electron chi connectivity index (χ2n) is 6.55. The Morgan fingerprint density at radius 1 is 1.46 bits per heavy atom. The fourth-order valence-corrected chi connectivity index (χ4v) is 3.74. The number of hydrogen-bond acceptors (Lipinski definition) is 5. The fourth-order valence-electron chi connectivity index (χ4n) is 3.74. The van der Waals surface area contributed by atoms with E-state index in [1.54, 1.807) is 13.1 Å². The van der Waals surface area contributed by atoms with Crippen LogP contribution in [-0.4, -0.2) is 46.8 Å². The number of rotatable bonds is 3. The zero-order valence-electron chi connectivity index (χ0n) is 14.5. The Hall–Kier alpha value is -2.45. The fraction of sp³-hybridized carbons (Fsp3) is 0.444. The average Bonchev–Trinajstić information content (AvgIpc) is 3.18. The van der Waals surface area contributed by atoms with Gasteiger partial charge in [0.15, 0.2) is 0 Å². The summed E-state index contributed by atoms with van der Waals surface area (Å²) < 4.78 is 20.3. The molecule has 8 heteroatoms. The number of aromatic nitrogens is 2. The number of carbonyl (C=O) groups is 1. The molecule has 0 spiro atoms. The molecule has 1 aliphatic carbocycles. The molecule has 26 heavy (non-hydrogen) atoms. The number of ether oxygens (including phenoxy) is 1. The predicted molar refractivity (Wildman–Crippen MR) is 92.9 cm³/mol. The van der Waals surface area contributed by atoms with Gasteiger partial charge in [0, 0.05) is 24.3 Å². The summed E-state index contributed by atoms with van der Waals surface area (Å²) in [4.78, 5) is 13.7. The van der Waals surface area contributed by atoms with Crippen LogP contribution in [0.2, 0.25) is 0 Å². The molecule has 1 saturated heterocycles. The van der Waals surface area contributed by atoms with Crippen molar-refractivity contribution in [3.63, 3.8) is 0 Å². The zero-order valence-corrected chi connectivity index (χ0v) is 14.5. The van der Waals surface area contributed by atoms with Gasteiger partial charge in [0.2, 0.25) is 0 Å². The van der Waals surface area contributed by atoms with Crippen molar-refractivity contribution in [3.05, 3.63) is 35.3 Å². The van der Waals surface area contributed by atoms with E-state index in [-0.39, 0.29) is 6.61 Å². The van der Waals surface area contributed by atoms with Crippen LogP contribution in [-0.2, 0) is 22.4 Å². The quantitative estimate of drug-likeness (QED) is 0.768. The summed E-state index contributed by atoms with van der Waals surface area (Å²) in [5, 5.41) is 20.2. The monoisotopic (exact) mass is 360 g/mol. The van der Waals surface area contributed by atoms with Gasteiger partial charge in [-0.25, -0.2) is 4.39 Å². The molecule has 2 heterocycles. The number of aliphatic hydroxyl groups is 1. The summed E-state index contributed by atoms with van der Waals surface area (Å²) in [6.45, 7) is 2.59. The van der Waals surface area contributed by atoms with Crippen LogP contribution >= 0.6 is 0 Å². The molecule has 1 aromatic carbocycles. The highest BCUT2D eigenvalue weighted by Gasteiger charge is 2.48. The van der Waals surface area contributed by atoms with Gasteiger partial charge in [0.05, 0.1) is 18.5 Å². The SMILES string of the molecule is CCNC(=O)[C@]1(O)OCCN1c1cc(F)c2c(c1)CCCc1cn[nH]c1-2. The number of anilines is 1. The van der Waals surface area contributed by atoms with Crippen LogP contribution in [0.4, 0.5) is 10.1 Å². The Morgan fingerprint density at radius 2 is 2.27 bits per heavy atom. The molecule has 0 radical (unpaired) electrons. The first-order valence-corrected chi connectivity index (χ1v) is 8.82. The first-order valence-electron chi connectivity index (χ1n) is 8.82. The van der Waals surface area contributed by atoms with Crippen molar-refractivity contribution in [2.45, 2.75) is 32.1 Å². The molecule has 3 N–H and O–H groups in total. The summed E-state index contributed by atoms with van der Waals surface area (Å²) in [6, 6.07) is 3.17. The van der Waals surface area contributed by atoms with Crippen molar-refractivity contribution >= 4 is 11.6 Å². The number of carbonyl (C=O) groups excluding carboxylic acids is 1. The highest BCUT2D eigenvalue weighted by molar-refractivity contribution is 5.87. The number of aromatic amines is 1. The van der Waals surface area contributed by atoms with Gasteiger partial charge in [0.1, 0.15) is 5.82 Å². The first-order chi connectivity index (χ1) is 12.5. The zero-order chi connectivity index (χ0) is 18.3. The van der Waals surface area contributed by atoms with Gasteiger partial charge in [-0.05, 0) is 49.4 Å². The maximum absolute atomic E-state index is 15.0. The molecule has 7 nitrogen and oxygen atoms in total. The Morgan fingerprint density at radius 3 is 3.08 bits per heavy atom. The smallest absolute Gasteiger partial charge is 0.333 e. The van der Waals surface area contributed by atoms with Gasteiger partial charge in [-0.1, -0.05) is 0 Å². The minimum atomic E-state index is -2.12. The van der Waals surface area contributed by atoms with E-state index < -0.39 is 17.6 Å². The molecule has 1 amide bonds. The number of hydrogen-bond donors (Lipinski definition) is 3. The number of likely N-dealkylation sites (N-methyl/N-ethyl adjacent to an activating group) is 1. The summed E-state index contributed by atoms with van der Waals surface area (Å²) in [5.41, 5.74) is 3.47. The summed E-state index contributed by atoms with van der Waals surface area (Å²) >= 11 is 0. The number of fused-ring (bicyclic) bond motifs is 3. The summed E-state index contributed by atoms with van der Waals surface area (Å²) in [5.74, 6) is -3.18. The molecule has 0 unspecified atom stereocenters. The topological polar surface area (TPSA) is 90.5 Å². The van der Waals surface area contributed by atoms with Crippen molar-refractivity contribution < 1.29 is 19.0 Å². The lowest BCUT2D eigenvalue weighted by molar-refractivity contribution is -0.187. The number of nitrogens with zero attached hydrogens (tertiary/aromatic N) is 2. The first kappa shape index (κ1) is 17.0. The second-order valence-corrected chi connectivity index (χ2v) is 6.55. The van der Waals surface area contributed by atoms with Crippen LogP contribution in [0.3, 0.4) is 0 Å². The molecular formula is C18H21FN4O3. The lowest BCUT2D eigenvalue weighted by Gasteiger charge is -2.32. The Kier molecular flexibility index (Phi) is 4.16.